The second-order valence-electron chi connectivity index (χ2n) is 5.93. The van der Waals surface area contributed by atoms with E-state index in [1.807, 2.05) is 48.5 Å². The maximum Gasteiger partial charge on any atom is 0.255 e. The highest BCUT2D eigenvalue weighted by molar-refractivity contribution is 9.10. The number of halogens is 1. The molecule has 4 nitrogen and oxygen atoms in total. The predicted molar refractivity (Wildman–Crippen MR) is 110 cm³/mol. The van der Waals surface area contributed by atoms with Crippen LogP contribution >= 0.6 is 15.9 Å². The smallest absolute Gasteiger partial charge is 0.255 e. The molecule has 1 N–H and O–H groups in total. The minimum atomic E-state index is -0.146. The molecular formula is C22H15BrN2O2. The molecule has 4 aromatic rings. The monoisotopic (exact) mass is 418 g/mol. The van der Waals surface area contributed by atoms with Gasteiger partial charge in [0.15, 0.2) is 0 Å². The molecule has 1 aromatic heterocycles. The molecule has 5 heteroatoms. The maximum atomic E-state index is 12.5. The van der Waals surface area contributed by atoms with Gasteiger partial charge in [-0.15, -0.1) is 0 Å². The SMILES string of the molecule is O=C(Nc1cccc2cc(Oc3ccncc3)ccc12)c1ccc(Br)cc1. The van der Waals surface area contributed by atoms with Crippen molar-refractivity contribution in [3.8, 4) is 11.5 Å². The topological polar surface area (TPSA) is 51.2 Å². The van der Waals surface area contributed by atoms with Crippen molar-refractivity contribution in [2.45, 2.75) is 0 Å². The van der Waals surface area contributed by atoms with Crippen molar-refractivity contribution in [2.75, 3.05) is 5.32 Å². The van der Waals surface area contributed by atoms with Gasteiger partial charge in [0.1, 0.15) is 11.5 Å². The Labute approximate surface area is 165 Å². The summed E-state index contributed by atoms with van der Waals surface area (Å²) in [6.45, 7) is 0. The molecule has 132 valence electrons. The first-order valence-corrected chi connectivity index (χ1v) is 9.16. The Balaban J connectivity index is 1.60. The number of carbonyl (C=O) groups excluding carboxylic acids is 1. The molecular weight excluding hydrogens is 404 g/mol. The zero-order chi connectivity index (χ0) is 18.6. The zero-order valence-electron chi connectivity index (χ0n) is 14.2. The summed E-state index contributed by atoms with van der Waals surface area (Å²) in [6.07, 6.45) is 3.37. The van der Waals surface area contributed by atoms with Crippen LogP contribution in [-0.4, -0.2) is 10.9 Å². The maximum absolute atomic E-state index is 12.5. The second kappa shape index (κ2) is 7.60. The summed E-state index contributed by atoms with van der Waals surface area (Å²) < 4.78 is 6.79. The molecule has 0 unspecified atom stereocenters. The Morgan fingerprint density at radius 3 is 2.44 bits per heavy atom. The standard InChI is InChI=1S/C22H15BrN2O2/c23-17-6-4-15(5-7-17)22(26)25-21-3-1-2-16-14-19(8-9-20(16)21)27-18-10-12-24-13-11-18/h1-14H,(H,25,26). The number of benzene rings is 3. The third kappa shape index (κ3) is 3.99. The van der Waals surface area contributed by atoms with E-state index >= 15 is 0 Å². The quantitative estimate of drug-likeness (QED) is 0.439. The molecule has 3 aromatic carbocycles. The van der Waals surface area contributed by atoms with Crippen LogP contribution in [0.4, 0.5) is 5.69 Å². The lowest BCUT2D eigenvalue weighted by Crippen LogP contribution is -2.11. The summed E-state index contributed by atoms with van der Waals surface area (Å²) in [6, 6.07) is 22.4. The number of amides is 1. The van der Waals surface area contributed by atoms with E-state index in [0.717, 1.165) is 32.4 Å². The largest absolute Gasteiger partial charge is 0.457 e. The normalized spacial score (nSPS) is 10.6. The highest BCUT2D eigenvalue weighted by Gasteiger charge is 2.09. The van der Waals surface area contributed by atoms with Crippen LogP contribution in [0, 0.1) is 0 Å². The van der Waals surface area contributed by atoms with E-state index in [2.05, 4.69) is 26.2 Å². The van der Waals surface area contributed by atoms with Crippen LogP contribution in [0.2, 0.25) is 0 Å². The molecule has 0 radical (unpaired) electrons. The van der Waals surface area contributed by atoms with Crippen molar-refractivity contribution in [3.63, 3.8) is 0 Å². The Morgan fingerprint density at radius 1 is 0.889 bits per heavy atom. The van der Waals surface area contributed by atoms with Gasteiger partial charge < -0.3 is 10.1 Å². The van der Waals surface area contributed by atoms with Crippen molar-refractivity contribution in [1.29, 1.82) is 0 Å². The van der Waals surface area contributed by atoms with Gasteiger partial charge in [0.25, 0.3) is 5.91 Å². The van der Waals surface area contributed by atoms with Gasteiger partial charge in [-0.05, 0) is 66.0 Å². The van der Waals surface area contributed by atoms with Crippen molar-refractivity contribution in [3.05, 3.63) is 95.2 Å². The summed E-state index contributed by atoms with van der Waals surface area (Å²) in [5, 5.41) is 4.92. The number of pyridine rings is 1. The van der Waals surface area contributed by atoms with E-state index < -0.39 is 0 Å². The molecule has 0 bridgehead atoms. The van der Waals surface area contributed by atoms with Gasteiger partial charge in [-0.2, -0.15) is 0 Å². The number of aromatic nitrogens is 1. The van der Waals surface area contributed by atoms with E-state index in [1.54, 1.807) is 36.7 Å². The van der Waals surface area contributed by atoms with Crippen LogP contribution in [0.25, 0.3) is 10.8 Å². The van der Waals surface area contributed by atoms with Gasteiger partial charge in [-0.1, -0.05) is 28.1 Å². The lowest BCUT2D eigenvalue weighted by molar-refractivity contribution is 0.102. The van der Waals surface area contributed by atoms with E-state index in [1.165, 1.54) is 0 Å². The van der Waals surface area contributed by atoms with Gasteiger partial charge in [0.05, 0.1) is 0 Å². The molecule has 0 spiro atoms. The molecule has 1 heterocycles. The van der Waals surface area contributed by atoms with Crippen LogP contribution in [0.3, 0.4) is 0 Å². The summed E-state index contributed by atoms with van der Waals surface area (Å²) in [5.74, 6) is 1.31. The number of anilines is 1. The van der Waals surface area contributed by atoms with Crippen LogP contribution in [0.1, 0.15) is 10.4 Å². The summed E-state index contributed by atoms with van der Waals surface area (Å²) in [7, 11) is 0. The first-order chi connectivity index (χ1) is 13.2. The molecule has 4 rings (SSSR count). The zero-order valence-corrected chi connectivity index (χ0v) is 15.8. The van der Waals surface area contributed by atoms with E-state index in [0.29, 0.717) is 5.56 Å². The molecule has 0 aliphatic rings. The van der Waals surface area contributed by atoms with Gasteiger partial charge in [0, 0.05) is 33.5 Å². The highest BCUT2D eigenvalue weighted by atomic mass is 79.9. The van der Waals surface area contributed by atoms with Crippen molar-refractivity contribution in [1.82, 2.24) is 4.98 Å². The van der Waals surface area contributed by atoms with Gasteiger partial charge in [0.2, 0.25) is 0 Å². The molecule has 27 heavy (non-hydrogen) atoms. The first-order valence-electron chi connectivity index (χ1n) is 8.37. The Kier molecular flexibility index (Phi) is 4.85. The van der Waals surface area contributed by atoms with Crippen molar-refractivity contribution in [2.24, 2.45) is 0 Å². The summed E-state index contributed by atoms with van der Waals surface area (Å²) in [4.78, 5) is 16.5. The van der Waals surface area contributed by atoms with E-state index in [-0.39, 0.29) is 5.91 Å². The minimum absolute atomic E-state index is 0.146. The third-order valence-electron chi connectivity index (χ3n) is 4.09. The lowest BCUT2D eigenvalue weighted by atomic mass is 10.1. The number of ether oxygens (including phenoxy) is 1. The van der Waals surface area contributed by atoms with Gasteiger partial charge in [-0.25, -0.2) is 0 Å². The molecule has 0 fully saturated rings. The third-order valence-corrected chi connectivity index (χ3v) is 4.62. The number of rotatable bonds is 4. The van der Waals surface area contributed by atoms with E-state index in [9.17, 15) is 4.79 Å². The number of nitrogens with one attached hydrogen (secondary N) is 1. The molecule has 0 aliphatic carbocycles. The summed E-state index contributed by atoms with van der Waals surface area (Å²) in [5.41, 5.74) is 1.36. The Morgan fingerprint density at radius 2 is 1.67 bits per heavy atom. The van der Waals surface area contributed by atoms with Crippen molar-refractivity contribution < 1.29 is 9.53 Å². The summed E-state index contributed by atoms with van der Waals surface area (Å²) >= 11 is 3.38. The first kappa shape index (κ1) is 17.2. The number of hydrogen-bond donors (Lipinski definition) is 1. The second-order valence-corrected chi connectivity index (χ2v) is 6.85. The lowest BCUT2D eigenvalue weighted by Gasteiger charge is -2.11. The number of fused-ring (bicyclic) bond motifs is 1. The van der Waals surface area contributed by atoms with Gasteiger partial charge in [-0.3, -0.25) is 9.78 Å². The predicted octanol–water partition coefficient (Wildman–Crippen LogP) is 6.04. The van der Waals surface area contributed by atoms with Crippen LogP contribution in [-0.2, 0) is 0 Å². The Hall–Kier alpha value is -3.18. The fourth-order valence-electron chi connectivity index (χ4n) is 2.77. The van der Waals surface area contributed by atoms with Crippen LogP contribution in [0.15, 0.2) is 89.7 Å². The van der Waals surface area contributed by atoms with E-state index in [4.69, 9.17) is 4.74 Å². The number of hydrogen-bond acceptors (Lipinski definition) is 3. The molecule has 0 saturated heterocycles. The average molecular weight is 419 g/mol. The van der Waals surface area contributed by atoms with Crippen LogP contribution < -0.4 is 10.1 Å². The fraction of sp³-hybridized carbons (Fsp3) is 0. The molecule has 0 saturated carbocycles. The minimum Gasteiger partial charge on any atom is -0.457 e. The van der Waals surface area contributed by atoms with Crippen LogP contribution in [0.5, 0.6) is 11.5 Å². The fourth-order valence-corrected chi connectivity index (χ4v) is 3.04. The number of nitrogens with zero attached hydrogens (tertiary/aromatic N) is 1. The Bertz CT molecular complexity index is 1100. The van der Waals surface area contributed by atoms with Crippen molar-refractivity contribution >= 4 is 38.3 Å². The molecule has 0 aliphatic heterocycles. The average Bonchev–Trinajstić information content (AvgIpc) is 2.69. The number of carbonyl (C=O) groups is 1. The highest BCUT2D eigenvalue weighted by Crippen LogP contribution is 2.29. The van der Waals surface area contributed by atoms with Gasteiger partial charge >= 0.3 is 0 Å². The molecule has 0 atom stereocenters. The molecule has 1 amide bonds.